The van der Waals surface area contributed by atoms with E-state index in [0.29, 0.717) is 12.0 Å². The lowest BCUT2D eigenvalue weighted by Crippen LogP contribution is -2.26. The minimum absolute atomic E-state index is 0.311. The average Bonchev–Trinajstić information content (AvgIpc) is 3.21. The Morgan fingerprint density at radius 1 is 1.30 bits per heavy atom. The maximum atomic E-state index is 5.97. The minimum atomic E-state index is 0.311. The average molecular weight is 314 g/mol. The van der Waals surface area contributed by atoms with Crippen LogP contribution in [0.2, 0.25) is 0 Å². The van der Waals surface area contributed by atoms with E-state index in [1.807, 2.05) is 12.3 Å². The smallest absolute Gasteiger partial charge is 0.160 e. The van der Waals surface area contributed by atoms with Crippen molar-refractivity contribution in [1.82, 2.24) is 19.4 Å². The van der Waals surface area contributed by atoms with Gasteiger partial charge in [-0.15, -0.1) is 0 Å². The van der Waals surface area contributed by atoms with Crippen molar-refractivity contribution in [3.05, 3.63) is 24.2 Å². The van der Waals surface area contributed by atoms with Gasteiger partial charge in [0.05, 0.1) is 12.6 Å². The van der Waals surface area contributed by atoms with E-state index in [2.05, 4.69) is 27.4 Å². The minimum Gasteiger partial charge on any atom is -0.376 e. The molecule has 0 aliphatic carbocycles. The van der Waals surface area contributed by atoms with Crippen molar-refractivity contribution < 1.29 is 4.74 Å². The van der Waals surface area contributed by atoms with Crippen LogP contribution in [0, 0.1) is 0 Å². The molecule has 0 saturated carbocycles. The highest BCUT2D eigenvalue weighted by Gasteiger charge is 2.29. The van der Waals surface area contributed by atoms with Crippen LogP contribution in [-0.2, 0) is 11.3 Å². The van der Waals surface area contributed by atoms with Gasteiger partial charge in [-0.3, -0.25) is 0 Å². The summed E-state index contributed by atoms with van der Waals surface area (Å²) >= 11 is 0. The van der Waals surface area contributed by atoms with Crippen LogP contribution in [0.25, 0.3) is 11.2 Å². The highest BCUT2D eigenvalue weighted by atomic mass is 16.5. The van der Waals surface area contributed by atoms with Gasteiger partial charge in [0.1, 0.15) is 11.3 Å². The number of ether oxygens (including phenoxy) is 1. The van der Waals surface area contributed by atoms with Gasteiger partial charge in [0.15, 0.2) is 5.65 Å². The van der Waals surface area contributed by atoms with Gasteiger partial charge >= 0.3 is 0 Å². The summed E-state index contributed by atoms with van der Waals surface area (Å²) < 4.78 is 8.32. The summed E-state index contributed by atoms with van der Waals surface area (Å²) in [7, 11) is 0. The van der Waals surface area contributed by atoms with Crippen molar-refractivity contribution in [3.63, 3.8) is 0 Å². The zero-order valence-electron chi connectivity index (χ0n) is 13.9. The highest BCUT2D eigenvalue weighted by Crippen LogP contribution is 2.29. The predicted molar refractivity (Wildman–Crippen MR) is 90.6 cm³/mol. The lowest BCUT2D eigenvalue weighted by molar-refractivity contribution is 0.00596. The van der Waals surface area contributed by atoms with E-state index in [9.17, 15) is 0 Å². The summed E-state index contributed by atoms with van der Waals surface area (Å²) in [4.78, 5) is 12.1. The van der Waals surface area contributed by atoms with Crippen LogP contribution in [-0.4, -0.2) is 51.8 Å². The van der Waals surface area contributed by atoms with Crippen molar-refractivity contribution in [1.29, 1.82) is 0 Å². The molecule has 0 aromatic carbocycles. The molecule has 5 nitrogen and oxygen atoms in total. The quantitative estimate of drug-likeness (QED) is 0.870. The molecule has 4 rings (SSSR count). The molecular weight excluding hydrogens is 288 g/mol. The first-order valence-electron chi connectivity index (χ1n) is 9.00. The molecule has 0 spiro atoms. The fourth-order valence-electron chi connectivity index (χ4n) is 3.95. The molecule has 4 heterocycles. The van der Waals surface area contributed by atoms with Crippen LogP contribution < -0.4 is 0 Å². The van der Waals surface area contributed by atoms with Gasteiger partial charge in [-0.25, -0.2) is 9.97 Å². The SMILES string of the molecule is CCN1CCC(c2nc3cccnc3n2CC2CCCCO2)C1. The molecule has 2 saturated heterocycles. The molecule has 2 aliphatic heterocycles. The van der Waals surface area contributed by atoms with Crippen LogP contribution >= 0.6 is 0 Å². The van der Waals surface area contributed by atoms with Gasteiger partial charge in [-0.2, -0.15) is 0 Å². The number of imidazole rings is 1. The summed E-state index contributed by atoms with van der Waals surface area (Å²) in [6.45, 7) is 7.45. The standard InChI is InChI=1S/C18H26N4O/c1-2-21-10-8-14(12-21)17-20-16-7-5-9-19-18(16)22(17)13-15-6-3-4-11-23-15/h5,7,9,14-15H,2-4,6,8,10-13H2,1H3. The monoisotopic (exact) mass is 314 g/mol. The van der Waals surface area contributed by atoms with E-state index in [1.54, 1.807) is 0 Å². The Labute approximate surface area is 137 Å². The third-order valence-electron chi connectivity index (χ3n) is 5.28. The first kappa shape index (κ1) is 15.1. The van der Waals surface area contributed by atoms with Crippen LogP contribution in [0.15, 0.2) is 18.3 Å². The molecule has 0 bridgehead atoms. The van der Waals surface area contributed by atoms with Crippen LogP contribution in [0.3, 0.4) is 0 Å². The van der Waals surface area contributed by atoms with Gasteiger partial charge in [0.25, 0.3) is 0 Å². The summed E-state index contributed by atoms with van der Waals surface area (Å²) in [5, 5.41) is 0. The molecule has 2 aromatic rings. The molecule has 5 heteroatoms. The Hall–Kier alpha value is -1.46. The number of pyridine rings is 1. The van der Waals surface area contributed by atoms with E-state index < -0.39 is 0 Å². The molecule has 2 aliphatic rings. The summed E-state index contributed by atoms with van der Waals surface area (Å²) in [6, 6.07) is 4.06. The van der Waals surface area contributed by atoms with Gasteiger partial charge in [-0.05, 0) is 50.9 Å². The number of hydrogen-bond donors (Lipinski definition) is 0. The molecule has 2 atom stereocenters. The zero-order valence-corrected chi connectivity index (χ0v) is 13.9. The van der Waals surface area contributed by atoms with E-state index in [0.717, 1.165) is 43.8 Å². The molecule has 2 fully saturated rings. The Bertz CT molecular complexity index is 662. The molecule has 23 heavy (non-hydrogen) atoms. The number of nitrogens with zero attached hydrogens (tertiary/aromatic N) is 4. The molecule has 0 amide bonds. The lowest BCUT2D eigenvalue weighted by atomic mass is 10.1. The topological polar surface area (TPSA) is 43.2 Å². The molecular formula is C18H26N4O. The zero-order chi connectivity index (χ0) is 15.6. The fourth-order valence-corrected chi connectivity index (χ4v) is 3.95. The second kappa shape index (κ2) is 6.57. The number of rotatable bonds is 4. The summed E-state index contributed by atoms with van der Waals surface area (Å²) in [6.07, 6.45) is 7.00. The van der Waals surface area contributed by atoms with Gasteiger partial charge in [-0.1, -0.05) is 6.92 Å². The first-order valence-corrected chi connectivity index (χ1v) is 9.00. The Kier molecular flexibility index (Phi) is 4.31. The van der Waals surface area contributed by atoms with Crippen molar-refractivity contribution in [3.8, 4) is 0 Å². The van der Waals surface area contributed by atoms with E-state index >= 15 is 0 Å². The second-order valence-corrected chi connectivity index (χ2v) is 6.79. The molecule has 124 valence electrons. The van der Waals surface area contributed by atoms with E-state index in [4.69, 9.17) is 9.72 Å². The van der Waals surface area contributed by atoms with Crippen LogP contribution in [0.1, 0.15) is 44.3 Å². The van der Waals surface area contributed by atoms with Crippen molar-refractivity contribution in [2.75, 3.05) is 26.2 Å². The van der Waals surface area contributed by atoms with E-state index in [-0.39, 0.29) is 0 Å². The number of fused-ring (bicyclic) bond motifs is 1. The van der Waals surface area contributed by atoms with Gasteiger partial charge in [0, 0.05) is 25.3 Å². The van der Waals surface area contributed by atoms with Crippen LogP contribution in [0.4, 0.5) is 0 Å². The van der Waals surface area contributed by atoms with E-state index in [1.165, 1.54) is 31.6 Å². The van der Waals surface area contributed by atoms with Crippen molar-refractivity contribution in [2.24, 2.45) is 0 Å². The fraction of sp³-hybridized carbons (Fsp3) is 0.667. The van der Waals surface area contributed by atoms with Gasteiger partial charge in [0.2, 0.25) is 0 Å². The highest BCUT2D eigenvalue weighted by molar-refractivity contribution is 5.71. The second-order valence-electron chi connectivity index (χ2n) is 6.79. The Balaban J connectivity index is 1.66. The number of hydrogen-bond acceptors (Lipinski definition) is 4. The van der Waals surface area contributed by atoms with Gasteiger partial charge < -0.3 is 14.2 Å². The Morgan fingerprint density at radius 2 is 2.26 bits per heavy atom. The molecule has 2 aromatic heterocycles. The number of likely N-dealkylation sites (tertiary alicyclic amines) is 1. The normalized spacial score (nSPS) is 26.1. The first-order chi connectivity index (χ1) is 11.3. The predicted octanol–water partition coefficient (Wildman–Crippen LogP) is 2.81. The molecule has 0 radical (unpaired) electrons. The third kappa shape index (κ3) is 3.00. The van der Waals surface area contributed by atoms with Crippen LogP contribution in [0.5, 0.6) is 0 Å². The third-order valence-corrected chi connectivity index (χ3v) is 5.28. The van der Waals surface area contributed by atoms with Crippen molar-refractivity contribution in [2.45, 2.75) is 51.2 Å². The lowest BCUT2D eigenvalue weighted by Gasteiger charge is -2.24. The summed E-state index contributed by atoms with van der Waals surface area (Å²) in [5.41, 5.74) is 2.04. The number of likely N-dealkylation sites (N-methyl/N-ethyl adjacent to an activating group) is 1. The Morgan fingerprint density at radius 3 is 3.04 bits per heavy atom. The molecule has 0 N–H and O–H groups in total. The van der Waals surface area contributed by atoms with Crippen molar-refractivity contribution >= 4 is 11.2 Å². The maximum Gasteiger partial charge on any atom is 0.160 e. The number of aromatic nitrogens is 3. The largest absolute Gasteiger partial charge is 0.376 e. The summed E-state index contributed by atoms with van der Waals surface area (Å²) in [5.74, 6) is 1.73. The maximum absolute atomic E-state index is 5.97. The molecule has 2 unspecified atom stereocenters.